The number of unbranched alkanes of at least 4 members (excludes halogenated alkanes) is 6. The number of carbonyl (C=O) groups is 3. The maximum atomic E-state index is 12.7. The minimum atomic E-state index is -0.479. The number of hydrogen-bond acceptors (Lipinski definition) is 8. The topological polar surface area (TPSA) is 97.4 Å². The highest BCUT2D eigenvalue weighted by Crippen LogP contribution is 2.26. The van der Waals surface area contributed by atoms with Crippen molar-refractivity contribution in [1.82, 2.24) is 0 Å². The summed E-state index contributed by atoms with van der Waals surface area (Å²) < 4.78 is 27.2. The van der Waals surface area contributed by atoms with Gasteiger partial charge in [0.2, 0.25) is 0 Å². The standard InChI is InChI=1S/C38H42O8/c1-3-36(39)44-26-25-43-33-18-12-29(13-19-33)30-14-22-34(23-15-30)45-38(41)31-16-20-32(21-17-31)42-24-10-8-6-4-5-7-9-11-35-27-28(2)37(40)46-35/h3,12-23,35H,1-2,4-11,24-27H2. The van der Waals surface area contributed by atoms with Crippen LogP contribution in [0.5, 0.6) is 17.2 Å². The first-order valence-electron chi connectivity index (χ1n) is 15.9. The van der Waals surface area contributed by atoms with Crippen LogP contribution in [0.25, 0.3) is 11.1 Å². The molecule has 242 valence electrons. The van der Waals surface area contributed by atoms with Crippen molar-refractivity contribution >= 4 is 17.9 Å². The quantitative estimate of drug-likeness (QED) is 0.0571. The van der Waals surface area contributed by atoms with Gasteiger partial charge in [-0.2, -0.15) is 0 Å². The van der Waals surface area contributed by atoms with Gasteiger partial charge in [-0.3, -0.25) is 0 Å². The number of hydrogen-bond donors (Lipinski definition) is 0. The molecular formula is C38H42O8. The maximum Gasteiger partial charge on any atom is 0.343 e. The van der Waals surface area contributed by atoms with Gasteiger partial charge in [-0.25, -0.2) is 14.4 Å². The molecule has 46 heavy (non-hydrogen) atoms. The maximum absolute atomic E-state index is 12.7. The van der Waals surface area contributed by atoms with E-state index in [4.69, 9.17) is 23.7 Å². The van der Waals surface area contributed by atoms with Crippen LogP contribution in [0.15, 0.2) is 97.6 Å². The van der Waals surface area contributed by atoms with Crippen LogP contribution < -0.4 is 14.2 Å². The predicted molar refractivity (Wildman–Crippen MR) is 176 cm³/mol. The lowest BCUT2D eigenvalue weighted by molar-refractivity contribution is -0.139. The summed E-state index contributed by atoms with van der Waals surface area (Å²) in [6.45, 7) is 8.11. The molecule has 0 aromatic heterocycles. The Bertz CT molecular complexity index is 1430. The van der Waals surface area contributed by atoms with Crippen molar-refractivity contribution in [3.63, 3.8) is 0 Å². The molecule has 1 aliphatic rings. The molecule has 4 rings (SSSR count). The second kappa shape index (κ2) is 18.2. The fourth-order valence-electron chi connectivity index (χ4n) is 5.02. The lowest BCUT2D eigenvalue weighted by Crippen LogP contribution is -2.10. The molecule has 0 radical (unpaired) electrons. The molecule has 1 unspecified atom stereocenters. The summed E-state index contributed by atoms with van der Waals surface area (Å²) in [6.07, 6.45) is 10.6. The van der Waals surface area contributed by atoms with E-state index in [0.29, 0.717) is 35.7 Å². The number of ether oxygens (including phenoxy) is 5. The van der Waals surface area contributed by atoms with E-state index in [-0.39, 0.29) is 25.3 Å². The highest BCUT2D eigenvalue weighted by molar-refractivity contribution is 5.91. The molecule has 0 N–H and O–H groups in total. The van der Waals surface area contributed by atoms with E-state index >= 15 is 0 Å². The van der Waals surface area contributed by atoms with Crippen LogP contribution in [0, 0.1) is 0 Å². The van der Waals surface area contributed by atoms with Gasteiger partial charge in [-0.1, -0.05) is 69.5 Å². The van der Waals surface area contributed by atoms with E-state index in [1.807, 2.05) is 36.4 Å². The third-order valence-electron chi connectivity index (χ3n) is 7.58. The van der Waals surface area contributed by atoms with Crippen LogP contribution in [-0.2, 0) is 19.1 Å². The summed E-state index contributed by atoms with van der Waals surface area (Å²) in [6, 6.07) is 21.8. The van der Waals surface area contributed by atoms with Gasteiger partial charge in [0.25, 0.3) is 0 Å². The second-order valence-electron chi connectivity index (χ2n) is 11.1. The van der Waals surface area contributed by atoms with Gasteiger partial charge in [0.1, 0.15) is 36.6 Å². The van der Waals surface area contributed by atoms with Gasteiger partial charge in [-0.05, 0) is 78.9 Å². The summed E-state index contributed by atoms with van der Waals surface area (Å²) in [5.41, 5.74) is 2.99. The fraction of sp³-hybridized carbons (Fsp3) is 0.342. The first kappa shape index (κ1) is 34.0. The third-order valence-corrected chi connectivity index (χ3v) is 7.58. The zero-order chi connectivity index (χ0) is 32.6. The molecule has 1 heterocycles. The van der Waals surface area contributed by atoms with E-state index in [1.165, 1.54) is 19.3 Å². The number of benzene rings is 3. The molecule has 3 aromatic rings. The molecule has 1 aliphatic heterocycles. The van der Waals surface area contributed by atoms with E-state index in [1.54, 1.807) is 36.4 Å². The van der Waals surface area contributed by atoms with E-state index in [9.17, 15) is 14.4 Å². The molecule has 1 atom stereocenters. The van der Waals surface area contributed by atoms with Crippen molar-refractivity contribution in [2.24, 2.45) is 0 Å². The molecule has 1 fully saturated rings. The summed E-state index contributed by atoms with van der Waals surface area (Å²) >= 11 is 0. The van der Waals surface area contributed by atoms with Crippen LogP contribution >= 0.6 is 0 Å². The van der Waals surface area contributed by atoms with Crippen molar-refractivity contribution in [3.05, 3.63) is 103 Å². The Morgan fingerprint density at radius 1 is 0.717 bits per heavy atom. The molecule has 0 bridgehead atoms. The summed E-state index contributed by atoms with van der Waals surface area (Å²) in [4.78, 5) is 35.1. The van der Waals surface area contributed by atoms with E-state index in [2.05, 4.69) is 13.2 Å². The van der Waals surface area contributed by atoms with Gasteiger partial charge >= 0.3 is 17.9 Å². The molecule has 0 spiro atoms. The molecular weight excluding hydrogens is 584 g/mol. The normalized spacial score (nSPS) is 14.0. The van der Waals surface area contributed by atoms with Gasteiger partial charge in [0, 0.05) is 18.1 Å². The van der Waals surface area contributed by atoms with Crippen LogP contribution in [-0.4, -0.2) is 43.8 Å². The van der Waals surface area contributed by atoms with Gasteiger partial charge in [-0.15, -0.1) is 0 Å². The van der Waals surface area contributed by atoms with E-state index < -0.39 is 11.9 Å². The van der Waals surface area contributed by atoms with Crippen molar-refractivity contribution in [2.75, 3.05) is 19.8 Å². The molecule has 1 saturated heterocycles. The average Bonchev–Trinajstić information content (AvgIpc) is 3.40. The second-order valence-corrected chi connectivity index (χ2v) is 11.1. The number of rotatable bonds is 19. The zero-order valence-electron chi connectivity index (χ0n) is 26.2. The van der Waals surface area contributed by atoms with Crippen LogP contribution in [0.4, 0.5) is 0 Å². The molecule has 3 aromatic carbocycles. The largest absolute Gasteiger partial charge is 0.494 e. The highest BCUT2D eigenvalue weighted by Gasteiger charge is 2.26. The lowest BCUT2D eigenvalue weighted by atomic mass is 10.0. The Morgan fingerprint density at radius 2 is 1.26 bits per heavy atom. The predicted octanol–water partition coefficient (Wildman–Crippen LogP) is 8.05. The third kappa shape index (κ3) is 11.3. The summed E-state index contributed by atoms with van der Waals surface area (Å²) in [5, 5.41) is 0. The first-order valence-corrected chi connectivity index (χ1v) is 15.9. The van der Waals surface area contributed by atoms with Crippen molar-refractivity contribution in [2.45, 2.75) is 63.9 Å². The van der Waals surface area contributed by atoms with Crippen molar-refractivity contribution < 1.29 is 38.1 Å². The molecule has 8 nitrogen and oxygen atoms in total. The van der Waals surface area contributed by atoms with Crippen molar-refractivity contribution in [3.8, 4) is 28.4 Å². The van der Waals surface area contributed by atoms with Gasteiger partial charge < -0.3 is 23.7 Å². The number of esters is 3. The van der Waals surface area contributed by atoms with E-state index in [0.717, 1.165) is 55.1 Å². The molecule has 8 heteroatoms. The lowest BCUT2D eigenvalue weighted by Gasteiger charge is -2.09. The molecule has 0 saturated carbocycles. The Labute approximate surface area is 271 Å². The van der Waals surface area contributed by atoms with Crippen LogP contribution in [0.2, 0.25) is 0 Å². The monoisotopic (exact) mass is 626 g/mol. The van der Waals surface area contributed by atoms with Gasteiger partial charge in [0.15, 0.2) is 0 Å². The minimum Gasteiger partial charge on any atom is -0.494 e. The summed E-state index contributed by atoms with van der Waals surface area (Å²) in [7, 11) is 0. The zero-order valence-corrected chi connectivity index (χ0v) is 26.2. The fourth-order valence-corrected chi connectivity index (χ4v) is 5.02. The number of cyclic esters (lactones) is 1. The Kier molecular flexibility index (Phi) is 13.5. The minimum absolute atomic E-state index is 0.0315. The molecule has 0 aliphatic carbocycles. The summed E-state index contributed by atoms with van der Waals surface area (Å²) in [5.74, 6) is 0.693. The first-order chi connectivity index (χ1) is 22.4. The smallest absolute Gasteiger partial charge is 0.343 e. The highest BCUT2D eigenvalue weighted by atomic mass is 16.6. The van der Waals surface area contributed by atoms with Crippen LogP contribution in [0.1, 0.15) is 68.1 Å². The SMILES string of the molecule is C=CC(=O)OCCOc1ccc(-c2ccc(OC(=O)c3ccc(OCCCCCCCCCC4CC(=C)C(=O)O4)cc3)cc2)cc1. The number of carbonyl (C=O) groups excluding carboxylic acids is 3. The average molecular weight is 627 g/mol. The Hall–Kier alpha value is -4.85. The Balaban J connectivity index is 1.08. The van der Waals surface area contributed by atoms with Gasteiger partial charge in [0.05, 0.1) is 12.2 Å². The Morgan fingerprint density at radius 3 is 1.85 bits per heavy atom. The van der Waals surface area contributed by atoms with Crippen LogP contribution in [0.3, 0.4) is 0 Å². The van der Waals surface area contributed by atoms with Crippen molar-refractivity contribution in [1.29, 1.82) is 0 Å². The molecule has 0 amide bonds.